The first-order valence-corrected chi connectivity index (χ1v) is 10.8. The lowest BCUT2D eigenvalue weighted by Crippen LogP contribution is -2.36. The number of hydrogen-bond acceptors (Lipinski definition) is 4. The van der Waals surface area contributed by atoms with Crippen LogP contribution in [0.15, 0.2) is 84.9 Å². The molecule has 4 rings (SSSR count). The van der Waals surface area contributed by atoms with E-state index in [1.54, 1.807) is 12.1 Å². The summed E-state index contributed by atoms with van der Waals surface area (Å²) < 4.78 is 5.40. The lowest BCUT2D eigenvalue weighted by Gasteiger charge is -2.28. The molecular formula is C26H27N3O3. The Morgan fingerprint density at radius 2 is 1.47 bits per heavy atom. The summed E-state index contributed by atoms with van der Waals surface area (Å²) in [6.45, 7) is 3.19. The SMILES string of the molecule is O=C(C[C@H](NC(=O)c1ccccc1)c1ccccc1)Nc1ccc(N2CCOCC2)cc1. The van der Waals surface area contributed by atoms with Crippen LogP contribution in [0.25, 0.3) is 0 Å². The Morgan fingerprint density at radius 3 is 2.12 bits per heavy atom. The third-order valence-corrected chi connectivity index (χ3v) is 5.46. The molecule has 1 saturated heterocycles. The third-order valence-electron chi connectivity index (χ3n) is 5.46. The van der Waals surface area contributed by atoms with Crippen molar-refractivity contribution in [3.63, 3.8) is 0 Å². The maximum Gasteiger partial charge on any atom is 0.251 e. The van der Waals surface area contributed by atoms with E-state index in [0.29, 0.717) is 5.56 Å². The third kappa shape index (κ3) is 5.74. The Bertz CT molecular complexity index is 1020. The lowest BCUT2D eigenvalue weighted by atomic mass is 10.0. The van der Waals surface area contributed by atoms with Crippen LogP contribution in [-0.4, -0.2) is 38.1 Å². The van der Waals surface area contributed by atoms with Crippen LogP contribution in [0.2, 0.25) is 0 Å². The minimum absolute atomic E-state index is 0.133. The first-order chi connectivity index (χ1) is 15.7. The monoisotopic (exact) mass is 429 g/mol. The molecule has 0 bridgehead atoms. The van der Waals surface area contributed by atoms with Gasteiger partial charge in [0, 0.05) is 30.0 Å². The number of nitrogens with zero attached hydrogens (tertiary/aromatic N) is 1. The van der Waals surface area contributed by atoms with Gasteiger partial charge >= 0.3 is 0 Å². The first-order valence-electron chi connectivity index (χ1n) is 10.8. The van der Waals surface area contributed by atoms with E-state index in [1.807, 2.05) is 72.8 Å². The number of hydrogen-bond donors (Lipinski definition) is 2. The molecule has 2 N–H and O–H groups in total. The Morgan fingerprint density at radius 1 is 0.844 bits per heavy atom. The highest BCUT2D eigenvalue weighted by Gasteiger charge is 2.19. The zero-order valence-corrected chi connectivity index (χ0v) is 17.9. The van der Waals surface area contributed by atoms with E-state index in [4.69, 9.17) is 4.74 Å². The summed E-state index contributed by atoms with van der Waals surface area (Å²) in [5.74, 6) is -0.367. The van der Waals surface area contributed by atoms with Gasteiger partial charge in [0.15, 0.2) is 0 Å². The fourth-order valence-electron chi connectivity index (χ4n) is 3.74. The number of morpholine rings is 1. The van der Waals surface area contributed by atoms with E-state index in [1.165, 1.54) is 0 Å². The molecule has 32 heavy (non-hydrogen) atoms. The molecule has 0 aromatic heterocycles. The van der Waals surface area contributed by atoms with Crippen molar-refractivity contribution in [3.05, 3.63) is 96.1 Å². The van der Waals surface area contributed by atoms with Crippen molar-refractivity contribution >= 4 is 23.2 Å². The summed E-state index contributed by atoms with van der Waals surface area (Å²) >= 11 is 0. The molecule has 1 heterocycles. The van der Waals surface area contributed by atoms with Crippen molar-refractivity contribution in [1.82, 2.24) is 5.32 Å². The molecule has 1 aliphatic rings. The number of carbonyl (C=O) groups excluding carboxylic acids is 2. The number of rotatable bonds is 7. The molecule has 6 heteroatoms. The Hall–Kier alpha value is -3.64. The van der Waals surface area contributed by atoms with Crippen LogP contribution >= 0.6 is 0 Å². The predicted molar refractivity (Wildman–Crippen MR) is 126 cm³/mol. The molecule has 1 atom stereocenters. The fraction of sp³-hybridized carbons (Fsp3) is 0.231. The van der Waals surface area contributed by atoms with Gasteiger partial charge in [0.25, 0.3) is 5.91 Å². The average Bonchev–Trinajstić information content (AvgIpc) is 2.85. The van der Waals surface area contributed by atoms with Gasteiger partial charge in [-0.1, -0.05) is 48.5 Å². The van der Waals surface area contributed by atoms with Gasteiger partial charge in [0.2, 0.25) is 5.91 Å². The van der Waals surface area contributed by atoms with Gasteiger partial charge in [-0.25, -0.2) is 0 Å². The molecule has 1 fully saturated rings. The molecule has 3 aromatic rings. The van der Waals surface area contributed by atoms with E-state index in [9.17, 15) is 9.59 Å². The van der Waals surface area contributed by atoms with Gasteiger partial charge in [-0.3, -0.25) is 9.59 Å². The quantitative estimate of drug-likeness (QED) is 0.595. The Kier molecular flexibility index (Phi) is 7.15. The van der Waals surface area contributed by atoms with Crippen molar-refractivity contribution in [2.45, 2.75) is 12.5 Å². The van der Waals surface area contributed by atoms with E-state index < -0.39 is 6.04 Å². The van der Waals surface area contributed by atoms with Gasteiger partial charge < -0.3 is 20.3 Å². The van der Waals surface area contributed by atoms with Gasteiger partial charge in [-0.05, 0) is 42.0 Å². The van der Waals surface area contributed by atoms with E-state index in [0.717, 1.165) is 43.2 Å². The fourth-order valence-corrected chi connectivity index (χ4v) is 3.74. The number of ether oxygens (including phenoxy) is 1. The Labute approximate surface area is 188 Å². The van der Waals surface area contributed by atoms with Gasteiger partial charge in [0.1, 0.15) is 0 Å². The number of benzene rings is 3. The molecule has 0 radical (unpaired) electrons. The van der Waals surface area contributed by atoms with Crippen LogP contribution in [0.5, 0.6) is 0 Å². The van der Waals surface area contributed by atoms with E-state index in [-0.39, 0.29) is 18.2 Å². The summed E-state index contributed by atoms with van der Waals surface area (Å²) in [6, 6.07) is 26.0. The van der Waals surface area contributed by atoms with Crippen LogP contribution in [0.3, 0.4) is 0 Å². The summed E-state index contributed by atoms with van der Waals surface area (Å²) in [7, 11) is 0. The number of anilines is 2. The highest BCUT2D eigenvalue weighted by Crippen LogP contribution is 2.21. The molecule has 3 aromatic carbocycles. The molecule has 0 spiro atoms. The number of amides is 2. The summed E-state index contributed by atoms with van der Waals surface area (Å²) in [5, 5.41) is 5.95. The van der Waals surface area contributed by atoms with Crippen molar-refractivity contribution in [1.29, 1.82) is 0 Å². The molecule has 0 aliphatic carbocycles. The highest BCUT2D eigenvalue weighted by atomic mass is 16.5. The number of nitrogens with one attached hydrogen (secondary N) is 2. The second-order valence-electron chi connectivity index (χ2n) is 7.70. The second-order valence-corrected chi connectivity index (χ2v) is 7.70. The molecule has 1 aliphatic heterocycles. The predicted octanol–water partition coefficient (Wildman–Crippen LogP) is 4.02. The van der Waals surface area contributed by atoms with Crippen molar-refractivity contribution in [3.8, 4) is 0 Å². The number of carbonyl (C=O) groups is 2. The highest BCUT2D eigenvalue weighted by molar-refractivity contribution is 5.95. The molecular weight excluding hydrogens is 402 g/mol. The van der Waals surface area contributed by atoms with Gasteiger partial charge in [-0.2, -0.15) is 0 Å². The standard InChI is InChI=1S/C26H27N3O3/c30-25(27-22-11-13-23(14-12-22)29-15-17-32-18-16-29)19-24(20-7-3-1-4-8-20)28-26(31)21-9-5-2-6-10-21/h1-14,24H,15-19H2,(H,27,30)(H,28,31)/t24-/m0/s1. The van der Waals surface area contributed by atoms with Crippen LogP contribution in [-0.2, 0) is 9.53 Å². The van der Waals surface area contributed by atoms with Crippen LogP contribution in [0.4, 0.5) is 11.4 Å². The Balaban J connectivity index is 1.41. The summed E-state index contributed by atoms with van der Waals surface area (Å²) in [5.41, 5.74) is 3.29. The van der Waals surface area contributed by atoms with E-state index >= 15 is 0 Å². The molecule has 0 unspecified atom stereocenters. The van der Waals surface area contributed by atoms with Crippen LogP contribution in [0.1, 0.15) is 28.4 Å². The second kappa shape index (κ2) is 10.6. The topological polar surface area (TPSA) is 70.7 Å². The molecule has 0 saturated carbocycles. The average molecular weight is 430 g/mol. The van der Waals surface area contributed by atoms with Crippen molar-refractivity contribution < 1.29 is 14.3 Å². The van der Waals surface area contributed by atoms with Crippen LogP contribution in [0, 0.1) is 0 Å². The van der Waals surface area contributed by atoms with Gasteiger partial charge in [0.05, 0.1) is 25.7 Å². The molecule has 6 nitrogen and oxygen atoms in total. The van der Waals surface area contributed by atoms with Crippen molar-refractivity contribution in [2.75, 3.05) is 36.5 Å². The van der Waals surface area contributed by atoms with E-state index in [2.05, 4.69) is 15.5 Å². The zero-order chi connectivity index (χ0) is 22.2. The zero-order valence-electron chi connectivity index (χ0n) is 17.9. The lowest BCUT2D eigenvalue weighted by molar-refractivity contribution is -0.116. The summed E-state index contributed by atoms with van der Waals surface area (Å²) in [6.07, 6.45) is 0.133. The maximum atomic E-state index is 12.8. The normalized spacial score (nSPS) is 14.4. The molecule has 2 amide bonds. The minimum atomic E-state index is -0.434. The first kappa shape index (κ1) is 21.6. The summed E-state index contributed by atoms with van der Waals surface area (Å²) in [4.78, 5) is 27.8. The maximum absolute atomic E-state index is 12.8. The smallest absolute Gasteiger partial charge is 0.251 e. The molecule has 164 valence electrons. The largest absolute Gasteiger partial charge is 0.378 e. The minimum Gasteiger partial charge on any atom is -0.378 e. The van der Waals surface area contributed by atoms with Gasteiger partial charge in [-0.15, -0.1) is 0 Å². The van der Waals surface area contributed by atoms with Crippen molar-refractivity contribution in [2.24, 2.45) is 0 Å². The van der Waals surface area contributed by atoms with Crippen LogP contribution < -0.4 is 15.5 Å².